The Hall–Kier alpha value is -3.23. The fourth-order valence-electron chi connectivity index (χ4n) is 4.14. The predicted octanol–water partition coefficient (Wildman–Crippen LogP) is 5.12. The first-order valence-electron chi connectivity index (χ1n) is 10.8. The highest BCUT2D eigenvalue weighted by Gasteiger charge is 2.28. The Morgan fingerprint density at radius 1 is 1.00 bits per heavy atom. The number of thiazole rings is 1. The largest absolute Gasteiger partial charge is 0.338 e. The number of nitrogens with one attached hydrogen (secondary N) is 1. The number of fused-ring (bicyclic) bond motifs is 1. The standard InChI is InChI=1S/C25H23N3O3S2/c29-25(18-8-6-10-20(16-18)27-33(30,31)21-11-2-1-3-12-21)28-15-7-9-19(17-28)24-26-22-13-4-5-14-23(22)32-24/h1-6,8,10-14,16,19,27H,7,9,15,17H2. The van der Waals surface area contributed by atoms with E-state index in [-0.39, 0.29) is 16.7 Å². The minimum atomic E-state index is -3.72. The summed E-state index contributed by atoms with van der Waals surface area (Å²) in [7, 11) is -3.72. The zero-order valence-corrected chi connectivity index (χ0v) is 19.5. The summed E-state index contributed by atoms with van der Waals surface area (Å²) < 4.78 is 29.0. The number of likely N-dealkylation sites (tertiary alicyclic amines) is 1. The number of benzene rings is 3. The van der Waals surface area contributed by atoms with Gasteiger partial charge in [0.1, 0.15) is 0 Å². The molecule has 0 spiro atoms. The van der Waals surface area contributed by atoms with Gasteiger partial charge in [-0.05, 0) is 55.3 Å². The van der Waals surface area contributed by atoms with E-state index in [0.717, 1.165) is 28.1 Å². The van der Waals surface area contributed by atoms with Gasteiger partial charge >= 0.3 is 0 Å². The Labute approximate surface area is 197 Å². The molecule has 1 aromatic heterocycles. The van der Waals surface area contributed by atoms with Crippen molar-refractivity contribution >= 4 is 43.2 Å². The number of carbonyl (C=O) groups is 1. The van der Waals surface area contributed by atoms with Gasteiger partial charge in [0, 0.05) is 30.3 Å². The minimum Gasteiger partial charge on any atom is -0.338 e. The van der Waals surface area contributed by atoms with E-state index in [4.69, 9.17) is 4.98 Å². The number of sulfonamides is 1. The van der Waals surface area contributed by atoms with Gasteiger partial charge in [0.15, 0.2) is 0 Å². The molecule has 33 heavy (non-hydrogen) atoms. The van der Waals surface area contributed by atoms with Crippen molar-refractivity contribution in [3.05, 3.63) is 89.4 Å². The van der Waals surface area contributed by atoms with Gasteiger partial charge in [-0.2, -0.15) is 0 Å². The highest BCUT2D eigenvalue weighted by atomic mass is 32.2. The molecule has 8 heteroatoms. The lowest BCUT2D eigenvalue weighted by atomic mass is 9.98. The molecule has 0 aliphatic carbocycles. The number of carbonyl (C=O) groups excluding carboxylic acids is 1. The van der Waals surface area contributed by atoms with Gasteiger partial charge in [-0.15, -0.1) is 11.3 Å². The average molecular weight is 478 g/mol. The molecule has 5 rings (SSSR count). The summed E-state index contributed by atoms with van der Waals surface area (Å²) in [5, 5.41) is 1.07. The molecule has 0 bridgehead atoms. The molecule has 2 heterocycles. The first kappa shape index (κ1) is 21.6. The number of aromatic nitrogens is 1. The zero-order valence-electron chi connectivity index (χ0n) is 17.8. The van der Waals surface area contributed by atoms with Crippen LogP contribution in [0.2, 0.25) is 0 Å². The van der Waals surface area contributed by atoms with E-state index in [2.05, 4.69) is 10.8 Å². The van der Waals surface area contributed by atoms with E-state index in [0.29, 0.717) is 24.3 Å². The third kappa shape index (κ3) is 4.62. The molecule has 1 aliphatic rings. The molecule has 0 radical (unpaired) electrons. The van der Waals surface area contributed by atoms with E-state index < -0.39 is 10.0 Å². The second-order valence-electron chi connectivity index (χ2n) is 8.11. The number of piperidine rings is 1. The van der Waals surface area contributed by atoms with Gasteiger partial charge in [-0.25, -0.2) is 13.4 Å². The fourth-order valence-corrected chi connectivity index (χ4v) is 6.30. The van der Waals surface area contributed by atoms with Gasteiger partial charge in [-0.1, -0.05) is 36.4 Å². The molecule has 1 fully saturated rings. The van der Waals surface area contributed by atoms with E-state index in [1.165, 1.54) is 12.1 Å². The molecule has 1 amide bonds. The third-order valence-corrected chi connectivity index (χ3v) is 8.38. The average Bonchev–Trinajstić information content (AvgIpc) is 3.29. The number of amides is 1. The topological polar surface area (TPSA) is 79.4 Å². The van der Waals surface area contributed by atoms with E-state index in [1.54, 1.807) is 53.8 Å². The number of para-hydroxylation sites is 1. The van der Waals surface area contributed by atoms with Crippen molar-refractivity contribution in [2.24, 2.45) is 0 Å². The van der Waals surface area contributed by atoms with Crippen LogP contribution in [-0.4, -0.2) is 37.3 Å². The van der Waals surface area contributed by atoms with Gasteiger partial charge in [-0.3, -0.25) is 9.52 Å². The van der Waals surface area contributed by atoms with Crippen LogP contribution < -0.4 is 4.72 Å². The number of anilines is 1. The maximum Gasteiger partial charge on any atom is 0.261 e. The Balaban J connectivity index is 1.33. The summed E-state index contributed by atoms with van der Waals surface area (Å²) >= 11 is 1.69. The van der Waals surface area contributed by atoms with Crippen molar-refractivity contribution < 1.29 is 13.2 Å². The molecule has 3 aromatic carbocycles. The normalized spacial score (nSPS) is 16.6. The second kappa shape index (κ2) is 8.96. The first-order chi connectivity index (χ1) is 16.0. The number of hydrogen-bond donors (Lipinski definition) is 1. The highest BCUT2D eigenvalue weighted by molar-refractivity contribution is 7.92. The van der Waals surface area contributed by atoms with Crippen LogP contribution in [0, 0.1) is 0 Å². The Bertz CT molecular complexity index is 1370. The van der Waals surface area contributed by atoms with Gasteiger partial charge in [0.05, 0.1) is 20.1 Å². The molecular formula is C25H23N3O3S2. The van der Waals surface area contributed by atoms with Crippen LogP contribution in [0.25, 0.3) is 10.2 Å². The molecule has 1 unspecified atom stereocenters. The van der Waals surface area contributed by atoms with Crippen LogP contribution in [0.5, 0.6) is 0 Å². The zero-order chi connectivity index (χ0) is 22.8. The van der Waals surface area contributed by atoms with Crippen LogP contribution in [0.3, 0.4) is 0 Å². The van der Waals surface area contributed by atoms with E-state index in [1.807, 2.05) is 23.1 Å². The van der Waals surface area contributed by atoms with Gasteiger partial charge in [0.25, 0.3) is 15.9 Å². The lowest BCUT2D eigenvalue weighted by Crippen LogP contribution is -2.39. The quantitative estimate of drug-likeness (QED) is 0.433. The Morgan fingerprint density at radius 2 is 1.79 bits per heavy atom. The summed E-state index contributed by atoms with van der Waals surface area (Å²) in [4.78, 5) is 20.1. The van der Waals surface area contributed by atoms with Crippen molar-refractivity contribution in [1.29, 1.82) is 0 Å². The molecule has 1 atom stereocenters. The van der Waals surface area contributed by atoms with E-state index >= 15 is 0 Å². The molecule has 0 saturated carbocycles. The summed E-state index contributed by atoms with van der Waals surface area (Å²) in [6.07, 6.45) is 1.91. The van der Waals surface area contributed by atoms with Crippen LogP contribution in [0.15, 0.2) is 83.8 Å². The van der Waals surface area contributed by atoms with Crippen molar-refractivity contribution in [2.75, 3.05) is 17.8 Å². The van der Waals surface area contributed by atoms with Gasteiger partial charge in [0.2, 0.25) is 0 Å². The van der Waals surface area contributed by atoms with Crippen molar-refractivity contribution in [2.45, 2.75) is 23.7 Å². The number of rotatable bonds is 5. The number of hydrogen-bond acceptors (Lipinski definition) is 5. The first-order valence-corrected chi connectivity index (χ1v) is 13.1. The van der Waals surface area contributed by atoms with Crippen LogP contribution in [0.4, 0.5) is 5.69 Å². The molecule has 1 N–H and O–H groups in total. The van der Waals surface area contributed by atoms with Crippen LogP contribution in [0.1, 0.15) is 34.1 Å². The molecule has 1 aliphatic heterocycles. The molecular weight excluding hydrogens is 454 g/mol. The SMILES string of the molecule is O=C(c1cccc(NS(=O)(=O)c2ccccc2)c1)N1CCCC(c2nc3ccccc3s2)C1. The van der Waals surface area contributed by atoms with Gasteiger partial charge < -0.3 is 4.90 Å². The molecule has 6 nitrogen and oxygen atoms in total. The highest BCUT2D eigenvalue weighted by Crippen LogP contribution is 2.33. The predicted molar refractivity (Wildman–Crippen MR) is 131 cm³/mol. The lowest BCUT2D eigenvalue weighted by molar-refractivity contribution is 0.0707. The van der Waals surface area contributed by atoms with Crippen molar-refractivity contribution in [3.63, 3.8) is 0 Å². The van der Waals surface area contributed by atoms with Crippen LogP contribution >= 0.6 is 11.3 Å². The number of nitrogens with zero attached hydrogens (tertiary/aromatic N) is 2. The lowest BCUT2D eigenvalue weighted by Gasteiger charge is -2.32. The smallest absolute Gasteiger partial charge is 0.261 e. The summed E-state index contributed by atoms with van der Waals surface area (Å²) in [6, 6.07) is 22.9. The molecule has 168 valence electrons. The van der Waals surface area contributed by atoms with Crippen molar-refractivity contribution in [1.82, 2.24) is 9.88 Å². The maximum atomic E-state index is 13.3. The minimum absolute atomic E-state index is 0.0958. The summed E-state index contributed by atoms with van der Waals surface area (Å²) in [5.74, 6) is 0.112. The maximum absolute atomic E-state index is 13.3. The molecule has 1 saturated heterocycles. The Morgan fingerprint density at radius 3 is 2.61 bits per heavy atom. The van der Waals surface area contributed by atoms with Crippen LogP contribution in [-0.2, 0) is 10.0 Å². The third-order valence-electron chi connectivity index (χ3n) is 5.78. The summed E-state index contributed by atoms with van der Waals surface area (Å²) in [6.45, 7) is 1.29. The summed E-state index contributed by atoms with van der Waals surface area (Å²) in [5.41, 5.74) is 1.83. The van der Waals surface area contributed by atoms with E-state index in [9.17, 15) is 13.2 Å². The second-order valence-corrected chi connectivity index (χ2v) is 10.9. The Kier molecular flexibility index (Phi) is 5.86. The van der Waals surface area contributed by atoms with Crippen molar-refractivity contribution in [3.8, 4) is 0 Å². The fraction of sp³-hybridized carbons (Fsp3) is 0.200. The monoisotopic (exact) mass is 477 g/mol. The molecule has 4 aromatic rings.